The van der Waals surface area contributed by atoms with Gasteiger partial charge in [-0.1, -0.05) is 76.2 Å². The number of ether oxygens (including phenoxy) is 2. The summed E-state index contributed by atoms with van der Waals surface area (Å²) in [5.41, 5.74) is 4.03. The first-order valence-electron chi connectivity index (χ1n) is 33.2. The average molecular weight is 1570 g/mol. The number of hydrogen-bond acceptors (Lipinski definition) is 21. The Kier molecular flexibility index (Phi) is 52.2. The molecule has 0 unspecified atom stereocenters. The van der Waals surface area contributed by atoms with Gasteiger partial charge in [-0.05, 0) is 133 Å². The second kappa shape index (κ2) is 53.1. The number of carbonyl (C=O) groups is 4. The Morgan fingerprint density at radius 3 is 0.918 bits per heavy atom. The number of phenols is 2. The van der Waals surface area contributed by atoms with E-state index in [-0.39, 0.29) is 92.6 Å². The second-order valence-corrected chi connectivity index (χ2v) is 39.5. The average Bonchev–Trinajstić information content (AvgIpc) is 0.945. The first-order chi connectivity index (χ1) is 45.7. The molecular weight excluding hydrogens is 1460 g/mol. The van der Waals surface area contributed by atoms with E-state index in [1.54, 1.807) is 62.4 Å². The summed E-state index contributed by atoms with van der Waals surface area (Å²) in [4.78, 5) is 48.4. The summed E-state index contributed by atoms with van der Waals surface area (Å²) in [7, 11) is -8.58. The predicted molar refractivity (Wildman–Crippen MR) is 378 cm³/mol. The summed E-state index contributed by atoms with van der Waals surface area (Å²) in [6, 6.07) is 29.0. The van der Waals surface area contributed by atoms with E-state index >= 15 is 0 Å². The van der Waals surface area contributed by atoms with Crippen LogP contribution in [0.1, 0.15) is 178 Å². The van der Waals surface area contributed by atoms with Crippen molar-refractivity contribution in [3.05, 3.63) is 119 Å². The molecule has 4 aromatic rings. The van der Waals surface area contributed by atoms with Gasteiger partial charge in [0.25, 0.3) is 0 Å². The van der Waals surface area contributed by atoms with Crippen LogP contribution < -0.4 is 76.6 Å². The van der Waals surface area contributed by atoms with Crippen LogP contribution in [-0.2, 0) is 66.4 Å². The monoisotopic (exact) mass is 1570 g/mol. The first kappa shape index (κ1) is 95.3. The molecule has 0 saturated carbocycles. The number of benzene rings is 4. The van der Waals surface area contributed by atoms with Gasteiger partial charge in [-0.3, -0.25) is 0 Å². The van der Waals surface area contributed by atoms with Gasteiger partial charge in [0, 0.05) is 76.5 Å². The molecule has 0 atom stereocenters. The maximum Gasteiger partial charge on any atom is 1.00 e. The number of halogens is 1. The predicted octanol–water partition coefficient (Wildman–Crippen LogP) is 10.4. The number of phenolic OH excluding ortho intramolecular Hbond substituents is 2. The molecule has 4 rings (SSSR count). The van der Waals surface area contributed by atoms with Gasteiger partial charge in [0.05, 0.1) is 17.8 Å². The Labute approximate surface area is 634 Å². The summed E-state index contributed by atoms with van der Waals surface area (Å²) < 4.78 is 74.8. The molecule has 4 N–H and O–H groups in total. The van der Waals surface area contributed by atoms with Gasteiger partial charge in [0.2, 0.25) is 0 Å². The molecule has 542 valence electrons. The first-order valence-corrected chi connectivity index (χ1v) is 45.9. The summed E-state index contributed by atoms with van der Waals surface area (Å²) in [6.45, 7) is 37.2. The zero-order valence-corrected chi connectivity index (χ0v) is 70.7. The number of hydrogen-bond donors (Lipinski definition) is 4. The van der Waals surface area contributed by atoms with Crippen molar-refractivity contribution < 1.29 is 141 Å². The molecule has 0 heterocycles. The molecule has 2 amide bonds. The number of unbranched alkanes of at least 4 members (excludes halogenated alkanes) is 2. The number of nitriles is 1. The van der Waals surface area contributed by atoms with E-state index in [0.29, 0.717) is 95.6 Å². The van der Waals surface area contributed by atoms with Crippen molar-refractivity contribution >= 4 is 81.3 Å². The Morgan fingerprint density at radius 1 is 0.464 bits per heavy atom. The summed E-state index contributed by atoms with van der Waals surface area (Å²) in [5, 5.41) is 39.0. The fraction of sp³-hybridized carbons (Fsp3) is 0.574. The number of nitrogens with zero attached hydrogens (tertiary/aromatic N) is 1. The maximum atomic E-state index is 12.5. The second-order valence-electron chi connectivity index (χ2n) is 21.8. The van der Waals surface area contributed by atoms with Crippen molar-refractivity contribution in [1.82, 2.24) is 10.6 Å². The third-order valence-corrected chi connectivity index (χ3v) is 33.0. The topological polar surface area (TPSA) is 300 Å². The summed E-state index contributed by atoms with van der Waals surface area (Å²) in [6.07, 6.45) is 4.13. The van der Waals surface area contributed by atoms with Crippen molar-refractivity contribution in [2.45, 2.75) is 176 Å². The zero-order valence-electron chi connectivity index (χ0n) is 60.9. The molecule has 0 spiro atoms. The van der Waals surface area contributed by atoms with Gasteiger partial charge in [-0.15, -0.1) is 11.6 Å². The van der Waals surface area contributed by atoms with Crippen LogP contribution in [0.25, 0.3) is 0 Å². The molecule has 0 aliphatic heterocycles. The summed E-state index contributed by atoms with van der Waals surface area (Å²) >= 11 is 2.20. The minimum atomic E-state index is -3.55. The smallest absolute Gasteiger partial charge is 0.812 e. The third-order valence-electron chi connectivity index (χ3n) is 14.1. The SMILES string of the molecule is CC(C)(c1ccc(O)cc1)c1ccc(O)cc1.CCC[CH2][Sn]([CH2]CCC)([O]C(=O)CC)[O]C(=O)CC.CCO[Si](CCl)(OCC)OCC.CCO[Si](CNC(=O)Oc1ccc(C(C)(C)c2ccc(OC(=O)NC[Si](OCC)(OCC)OCC)cc2)cc1)(OCC)OCC.N#C[O-].[K+]. The molecular formula is C68H111ClKN3O20Si3Sn. The van der Waals surface area contributed by atoms with E-state index < -0.39 is 63.2 Å². The van der Waals surface area contributed by atoms with Gasteiger partial charge in [0.15, 0.2) is 0 Å². The molecule has 97 heavy (non-hydrogen) atoms. The number of amides is 2. The molecule has 29 heteroatoms. The van der Waals surface area contributed by atoms with Gasteiger partial charge >= 0.3 is 212 Å². The van der Waals surface area contributed by atoms with E-state index in [9.17, 15) is 29.4 Å². The Hall–Kier alpha value is -3.73. The molecule has 0 aliphatic rings. The van der Waals surface area contributed by atoms with E-state index in [1.165, 1.54) is 0 Å². The molecule has 0 bridgehead atoms. The van der Waals surface area contributed by atoms with Crippen molar-refractivity contribution in [3.8, 4) is 29.3 Å². The number of aromatic hydroxyl groups is 2. The number of rotatable bonds is 39. The number of nitrogens with one attached hydrogen (secondary N) is 2. The van der Waals surface area contributed by atoms with Gasteiger partial charge in [-0.25, -0.2) is 14.9 Å². The number of carbonyl (C=O) groups excluding carboxylic acids is 4. The fourth-order valence-corrected chi connectivity index (χ4v) is 26.4. The zero-order chi connectivity index (χ0) is 72.7. The van der Waals surface area contributed by atoms with Gasteiger partial charge < -0.3 is 75.3 Å². The van der Waals surface area contributed by atoms with Crippen LogP contribution in [0.3, 0.4) is 0 Å². The minimum Gasteiger partial charge on any atom is -0.812 e. The number of alkyl halides is 1. The van der Waals surface area contributed by atoms with Crippen LogP contribution >= 0.6 is 11.6 Å². The maximum absolute atomic E-state index is 12.5. The van der Waals surface area contributed by atoms with Crippen molar-refractivity contribution in [1.29, 1.82) is 5.26 Å². The van der Waals surface area contributed by atoms with E-state index in [4.69, 9.17) is 77.4 Å². The van der Waals surface area contributed by atoms with Crippen LogP contribution in [0.5, 0.6) is 23.0 Å². The fourth-order valence-electron chi connectivity index (χ4n) is 9.19. The molecule has 0 radical (unpaired) electrons. The minimum absolute atomic E-state index is 0. The largest absolute Gasteiger partial charge is 1.00 e. The van der Waals surface area contributed by atoms with Gasteiger partial charge in [-0.2, -0.15) is 0 Å². The van der Waals surface area contributed by atoms with Crippen LogP contribution in [0.4, 0.5) is 9.59 Å². The van der Waals surface area contributed by atoms with Crippen LogP contribution in [-0.4, -0.2) is 157 Å². The van der Waals surface area contributed by atoms with Crippen LogP contribution in [0, 0.1) is 11.5 Å². The standard InChI is InChI=1S/C31H50N2O10Si2.C15H16O2.C7H17ClO3Si.2C4H9.2C3H6O2.CHNO.K.Sn/c1-9-36-44(37-10-2,38-11-3)23-32-29(34)42-27-19-15-25(16-20-27)31(7,8)26-17-21-28(22-18-26)43-30(35)33-24-45(39-12-4,40-13-5)41-14-6;1-15(2,11-3-7-13(16)8-4-11)12-5-9-14(17)10-6-12;1-4-9-12(7-8,10-5-2)11-6-3;2*1-3-4-2;2*1-2-3(4)5;2-1-3;;/h15-22H,9-14,23-24H2,1-8H3,(H,32,34)(H,33,35);3-10,16-17H,1-2H3;4-7H2,1-3H3;2*1,3-4H2,2H3;2*2H2,1H3,(H,4,5);3H;;/q;;;;;;;;+1;+2/p-3. The normalized spacial score (nSPS) is 11.4. The molecule has 0 fully saturated rings. The van der Waals surface area contributed by atoms with E-state index in [2.05, 4.69) is 52.2 Å². The molecule has 0 saturated heterocycles. The van der Waals surface area contributed by atoms with Crippen LogP contribution in [0.15, 0.2) is 97.1 Å². The summed E-state index contributed by atoms with van der Waals surface area (Å²) in [5.74, 6) is 0.899. The molecule has 0 aromatic heterocycles. The van der Waals surface area contributed by atoms with Crippen LogP contribution in [0.2, 0.25) is 8.87 Å². The molecule has 23 nitrogen and oxygen atoms in total. The molecule has 4 aromatic carbocycles. The van der Waals surface area contributed by atoms with Gasteiger partial charge in [0.1, 0.15) is 23.0 Å². The Morgan fingerprint density at radius 2 is 0.701 bits per heavy atom. The quantitative estimate of drug-likeness (QED) is 0.0183. The Balaban J connectivity index is 0. The Bertz CT molecular complexity index is 2580. The van der Waals surface area contributed by atoms with Crippen molar-refractivity contribution in [3.63, 3.8) is 0 Å². The third kappa shape index (κ3) is 36.6. The van der Waals surface area contributed by atoms with Crippen molar-refractivity contribution in [2.75, 3.05) is 77.3 Å². The molecule has 0 aliphatic carbocycles. The van der Waals surface area contributed by atoms with E-state index in [1.807, 2.05) is 111 Å². The van der Waals surface area contributed by atoms with Crippen molar-refractivity contribution in [2.24, 2.45) is 0 Å². The van der Waals surface area contributed by atoms with E-state index in [0.717, 1.165) is 56.8 Å².